The summed E-state index contributed by atoms with van der Waals surface area (Å²) < 4.78 is 2.19. The molecule has 4 rings (SSSR count). The second-order valence-electron chi connectivity index (χ2n) is 7.34. The minimum absolute atomic E-state index is 0.0879. The van der Waals surface area contributed by atoms with E-state index < -0.39 is 0 Å². The molecule has 1 aliphatic rings. The van der Waals surface area contributed by atoms with Crippen LogP contribution < -0.4 is 4.57 Å². The highest BCUT2D eigenvalue weighted by Crippen LogP contribution is 2.53. The van der Waals surface area contributed by atoms with Crippen molar-refractivity contribution in [2.45, 2.75) is 26.2 Å². The molecule has 1 aromatic heterocycles. The lowest BCUT2D eigenvalue weighted by Gasteiger charge is -2.24. The molecule has 0 N–H and O–H groups in total. The number of nitrogens with zero attached hydrogens (tertiary/aromatic N) is 2. The van der Waals surface area contributed by atoms with Crippen molar-refractivity contribution in [1.82, 2.24) is 0 Å². The van der Waals surface area contributed by atoms with E-state index in [0.29, 0.717) is 5.69 Å². The summed E-state index contributed by atoms with van der Waals surface area (Å²) in [6.45, 7) is 14.1. The fourth-order valence-electron chi connectivity index (χ4n) is 4.20. The summed E-state index contributed by atoms with van der Waals surface area (Å²) in [6, 6.07) is 16.9. The monoisotopic (exact) mass is 325 g/mol. The maximum absolute atomic E-state index is 7.35. The molecule has 0 atom stereocenters. The number of hydrogen-bond donors (Lipinski definition) is 0. The molecule has 0 bridgehead atoms. The van der Waals surface area contributed by atoms with E-state index in [9.17, 15) is 0 Å². The van der Waals surface area contributed by atoms with Crippen molar-refractivity contribution in [3.05, 3.63) is 82.8 Å². The van der Waals surface area contributed by atoms with Gasteiger partial charge in [0.15, 0.2) is 11.9 Å². The van der Waals surface area contributed by atoms with Crippen LogP contribution in [0.1, 0.15) is 30.5 Å². The lowest BCUT2D eigenvalue weighted by molar-refractivity contribution is -0.660. The summed E-state index contributed by atoms with van der Waals surface area (Å²) in [4.78, 5) is 3.63. The molecule has 2 heteroatoms. The number of fused-ring (bicyclic) bond motifs is 3. The van der Waals surface area contributed by atoms with Crippen LogP contribution in [0.15, 0.2) is 54.7 Å². The third-order valence-electron chi connectivity index (χ3n) is 5.45. The van der Waals surface area contributed by atoms with Crippen molar-refractivity contribution >= 4 is 5.69 Å². The van der Waals surface area contributed by atoms with E-state index in [-0.39, 0.29) is 5.41 Å². The van der Waals surface area contributed by atoms with Gasteiger partial charge < -0.3 is 0 Å². The Kier molecular flexibility index (Phi) is 3.30. The summed E-state index contributed by atoms with van der Waals surface area (Å²) >= 11 is 0. The number of pyridine rings is 1. The van der Waals surface area contributed by atoms with Crippen LogP contribution in [0.5, 0.6) is 0 Å². The number of benzene rings is 2. The first-order valence-electron chi connectivity index (χ1n) is 8.56. The van der Waals surface area contributed by atoms with E-state index >= 15 is 0 Å². The van der Waals surface area contributed by atoms with E-state index in [1.165, 1.54) is 39.1 Å². The van der Waals surface area contributed by atoms with Gasteiger partial charge in [-0.2, -0.15) is 0 Å². The van der Waals surface area contributed by atoms with E-state index in [2.05, 4.69) is 79.8 Å². The van der Waals surface area contributed by atoms with Gasteiger partial charge in [0, 0.05) is 17.5 Å². The third-order valence-corrected chi connectivity index (χ3v) is 5.45. The zero-order valence-electron chi connectivity index (χ0n) is 15.1. The smallest absolute Gasteiger partial charge is 0.212 e. The van der Waals surface area contributed by atoms with Crippen molar-refractivity contribution in [1.29, 1.82) is 0 Å². The molecule has 3 aromatic rings. The van der Waals surface area contributed by atoms with Gasteiger partial charge in [0.2, 0.25) is 5.69 Å². The molecular weight excluding hydrogens is 304 g/mol. The number of aryl methyl sites for hydroxylation is 2. The Balaban J connectivity index is 2.11. The predicted octanol–water partition coefficient (Wildman–Crippen LogP) is 5.34. The summed E-state index contributed by atoms with van der Waals surface area (Å²) in [5, 5.41) is 0. The predicted molar refractivity (Wildman–Crippen MR) is 102 cm³/mol. The highest BCUT2D eigenvalue weighted by atomic mass is 14.9. The highest BCUT2D eigenvalue weighted by Gasteiger charge is 2.39. The Bertz CT molecular complexity index is 1050. The molecule has 0 saturated carbocycles. The van der Waals surface area contributed by atoms with Crippen LogP contribution >= 0.6 is 0 Å². The van der Waals surface area contributed by atoms with E-state index in [1.54, 1.807) is 0 Å². The van der Waals surface area contributed by atoms with Crippen LogP contribution in [0.3, 0.4) is 0 Å². The van der Waals surface area contributed by atoms with E-state index in [0.717, 1.165) is 0 Å². The van der Waals surface area contributed by atoms with Gasteiger partial charge in [0.1, 0.15) is 7.05 Å². The zero-order valence-corrected chi connectivity index (χ0v) is 15.1. The average molecular weight is 325 g/mol. The molecule has 122 valence electrons. The number of rotatable bonds is 1. The van der Waals surface area contributed by atoms with Crippen LogP contribution in [0.4, 0.5) is 5.69 Å². The van der Waals surface area contributed by atoms with Gasteiger partial charge >= 0.3 is 0 Å². The van der Waals surface area contributed by atoms with Crippen LogP contribution in [-0.4, -0.2) is 0 Å². The molecule has 0 aliphatic heterocycles. The third kappa shape index (κ3) is 2.13. The average Bonchev–Trinajstić information content (AvgIpc) is 2.83. The fraction of sp³-hybridized carbons (Fsp3) is 0.217. The van der Waals surface area contributed by atoms with Gasteiger partial charge in [-0.3, -0.25) is 0 Å². The van der Waals surface area contributed by atoms with E-state index in [4.69, 9.17) is 6.57 Å². The van der Waals surface area contributed by atoms with Crippen molar-refractivity contribution in [3.8, 4) is 22.4 Å². The molecule has 0 fully saturated rings. The highest BCUT2D eigenvalue weighted by molar-refractivity contribution is 5.89. The Morgan fingerprint density at radius 2 is 1.80 bits per heavy atom. The van der Waals surface area contributed by atoms with E-state index in [1.807, 2.05) is 12.1 Å². The first kappa shape index (κ1) is 15.6. The Morgan fingerprint density at radius 3 is 2.52 bits per heavy atom. The molecule has 0 amide bonds. The minimum Gasteiger partial charge on any atom is -0.238 e. The van der Waals surface area contributed by atoms with Gasteiger partial charge in [-0.15, -0.1) is 0 Å². The molecule has 1 heterocycles. The van der Waals surface area contributed by atoms with Gasteiger partial charge in [-0.05, 0) is 46.9 Å². The van der Waals surface area contributed by atoms with Gasteiger partial charge in [0.25, 0.3) is 0 Å². The Labute approximate surface area is 149 Å². The molecule has 0 radical (unpaired) electrons. The zero-order chi connectivity index (χ0) is 17.8. The van der Waals surface area contributed by atoms with Gasteiger partial charge in [-0.1, -0.05) is 38.1 Å². The van der Waals surface area contributed by atoms with Crippen LogP contribution in [0.25, 0.3) is 27.2 Å². The quantitative estimate of drug-likeness (QED) is 0.421. The Hall–Kier alpha value is -2.92. The second-order valence-corrected chi connectivity index (χ2v) is 7.34. The molecular formula is C23H21N2+. The summed E-state index contributed by atoms with van der Waals surface area (Å²) in [5.74, 6) is 0. The molecule has 1 aliphatic carbocycles. The van der Waals surface area contributed by atoms with Crippen molar-refractivity contribution < 1.29 is 4.57 Å². The lowest BCUT2D eigenvalue weighted by atomic mass is 9.78. The lowest BCUT2D eigenvalue weighted by Crippen LogP contribution is -2.31. The minimum atomic E-state index is -0.0879. The van der Waals surface area contributed by atoms with Crippen LogP contribution in [-0.2, 0) is 12.5 Å². The van der Waals surface area contributed by atoms with Crippen LogP contribution in [0, 0.1) is 13.5 Å². The standard InChI is InChI=1S/C23H21N2/c1-15-9-11-17-18-14-16(24-4)10-12-19(18)23(2,3)22(17)21(15)20-8-6-7-13-25(20)5/h6-14H,1-3,5H3/q+1. The van der Waals surface area contributed by atoms with Crippen LogP contribution in [0.2, 0.25) is 0 Å². The van der Waals surface area contributed by atoms with Gasteiger partial charge in [0.05, 0.1) is 12.1 Å². The number of aromatic nitrogens is 1. The molecule has 0 saturated heterocycles. The maximum atomic E-state index is 7.35. The molecule has 2 nitrogen and oxygen atoms in total. The number of hydrogen-bond acceptors (Lipinski definition) is 0. The topological polar surface area (TPSA) is 8.24 Å². The SMILES string of the molecule is [C-]#[N+]c1ccc2c(c1)-c1ccc(C)c(-c3cccc[n+]3C)c1C2(C)C. The molecule has 0 spiro atoms. The van der Waals surface area contributed by atoms with Crippen molar-refractivity contribution in [2.75, 3.05) is 0 Å². The van der Waals surface area contributed by atoms with Gasteiger partial charge in [-0.25, -0.2) is 9.41 Å². The van der Waals surface area contributed by atoms with Crippen molar-refractivity contribution in [3.63, 3.8) is 0 Å². The maximum Gasteiger partial charge on any atom is 0.212 e. The second kappa shape index (κ2) is 5.29. The largest absolute Gasteiger partial charge is 0.238 e. The molecule has 25 heavy (non-hydrogen) atoms. The normalized spacial score (nSPS) is 13.9. The molecule has 0 unspecified atom stereocenters. The summed E-state index contributed by atoms with van der Waals surface area (Å²) in [5.41, 5.74) is 9.57. The van der Waals surface area contributed by atoms with Crippen molar-refractivity contribution in [2.24, 2.45) is 7.05 Å². The first-order chi connectivity index (χ1) is 11.9. The summed E-state index contributed by atoms with van der Waals surface area (Å²) in [6.07, 6.45) is 2.10. The first-order valence-corrected chi connectivity index (χ1v) is 8.56. The Morgan fingerprint density at radius 1 is 1.00 bits per heavy atom. The molecule has 2 aromatic carbocycles. The summed E-state index contributed by atoms with van der Waals surface area (Å²) in [7, 11) is 2.10. The fourth-order valence-corrected chi connectivity index (χ4v) is 4.20.